The third-order valence-electron chi connectivity index (χ3n) is 8.11. The van der Waals surface area contributed by atoms with Crippen molar-refractivity contribution >= 4 is 5.97 Å². The number of carbonyl (C=O) groups is 1. The summed E-state index contributed by atoms with van der Waals surface area (Å²) in [6, 6.07) is 31.5. The van der Waals surface area contributed by atoms with E-state index in [0.717, 1.165) is 42.4 Å². The van der Waals surface area contributed by atoms with E-state index in [9.17, 15) is 4.79 Å². The zero-order valence-electron chi connectivity index (χ0n) is 23.8. The third-order valence-corrected chi connectivity index (χ3v) is 8.11. The van der Waals surface area contributed by atoms with Gasteiger partial charge in [-0.05, 0) is 47.4 Å². The Labute approximate surface area is 234 Å². The first-order chi connectivity index (χ1) is 19.0. The number of carbonyl (C=O) groups excluding carboxylic acids is 1. The van der Waals surface area contributed by atoms with Crippen LogP contribution in [0.5, 0.6) is 0 Å². The number of ether oxygens (including phenoxy) is 3. The van der Waals surface area contributed by atoms with E-state index < -0.39 is 11.2 Å². The Morgan fingerprint density at radius 1 is 0.872 bits per heavy atom. The summed E-state index contributed by atoms with van der Waals surface area (Å²) >= 11 is 0. The molecule has 206 valence electrons. The zero-order valence-corrected chi connectivity index (χ0v) is 23.8. The molecule has 0 saturated heterocycles. The predicted octanol–water partition coefficient (Wildman–Crippen LogP) is 7.86. The van der Waals surface area contributed by atoms with Crippen molar-refractivity contribution in [1.29, 1.82) is 0 Å². The van der Waals surface area contributed by atoms with Crippen LogP contribution in [-0.4, -0.2) is 31.4 Å². The van der Waals surface area contributed by atoms with Gasteiger partial charge in [0.2, 0.25) is 0 Å². The summed E-state index contributed by atoms with van der Waals surface area (Å²) in [5, 5.41) is 0. The van der Waals surface area contributed by atoms with E-state index in [1.165, 1.54) is 12.7 Å². The van der Waals surface area contributed by atoms with Crippen LogP contribution in [0.15, 0.2) is 103 Å². The Morgan fingerprint density at radius 3 is 1.79 bits per heavy atom. The molecule has 0 fully saturated rings. The monoisotopic (exact) mass is 526 g/mol. The number of benzene rings is 3. The highest BCUT2D eigenvalue weighted by atomic mass is 16.5. The van der Waals surface area contributed by atoms with E-state index in [1.807, 2.05) is 18.2 Å². The third kappa shape index (κ3) is 6.34. The van der Waals surface area contributed by atoms with Crippen LogP contribution in [-0.2, 0) is 24.6 Å². The first-order valence-electron chi connectivity index (χ1n) is 14.3. The van der Waals surface area contributed by atoms with Crippen molar-refractivity contribution < 1.29 is 19.0 Å². The van der Waals surface area contributed by atoms with E-state index in [-0.39, 0.29) is 24.4 Å². The number of rotatable bonds is 13. The molecule has 39 heavy (non-hydrogen) atoms. The predicted molar refractivity (Wildman–Crippen MR) is 156 cm³/mol. The summed E-state index contributed by atoms with van der Waals surface area (Å²) < 4.78 is 18.7. The maximum Gasteiger partial charge on any atom is 0.308 e. The fourth-order valence-corrected chi connectivity index (χ4v) is 5.82. The van der Waals surface area contributed by atoms with Crippen molar-refractivity contribution in [2.45, 2.75) is 70.2 Å². The minimum Gasteiger partial charge on any atom is -0.469 e. The molecule has 3 atom stereocenters. The van der Waals surface area contributed by atoms with Crippen LogP contribution < -0.4 is 0 Å². The molecule has 4 nitrogen and oxygen atoms in total. The normalized spacial score (nSPS) is 19.9. The lowest BCUT2D eigenvalue weighted by Gasteiger charge is -2.38. The van der Waals surface area contributed by atoms with E-state index in [1.54, 1.807) is 0 Å². The molecule has 1 aliphatic heterocycles. The zero-order chi connectivity index (χ0) is 27.7. The van der Waals surface area contributed by atoms with Gasteiger partial charge < -0.3 is 14.2 Å². The summed E-state index contributed by atoms with van der Waals surface area (Å²) in [7, 11) is 1.43. The lowest BCUT2D eigenvalue weighted by Crippen LogP contribution is -2.37. The highest BCUT2D eigenvalue weighted by Gasteiger charge is 2.42. The maximum atomic E-state index is 12.1. The molecular formula is C35H42O4. The fraction of sp³-hybridized carbons (Fsp3) is 0.400. The Balaban J connectivity index is 1.66. The smallest absolute Gasteiger partial charge is 0.308 e. The summed E-state index contributed by atoms with van der Waals surface area (Å²) in [4.78, 5) is 12.1. The quantitative estimate of drug-likeness (QED) is 0.129. The first kappa shape index (κ1) is 28.8. The standard InChI is InChI=1S/C35H42O4/c1-5-27(24-34(7-3)25-28(6-2)32(39-34)23-33(36)37-4)26-38-35(29-17-11-8-12-18-29,30-19-13-9-14-20-30)31-21-15-10-16-22-31/h8-22,25,27,32H,5-7,23-24,26H2,1-4H3/t27-,32?,34-/m1/s1. The molecule has 3 aromatic rings. The molecule has 0 radical (unpaired) electrons. The van der Waals surface area contributed by atoms with Crippen molar-refractivity contribution in [3.05, 3.63) is 119 Å². The Bertz CT molecular complexity index is 1110. The summed E-state index contributed by atoms with van der Waals surface area (Å²) in [6.45, 7) is 7.08. The van der Waals surface area contributed by atoms with Crippen LogP contribution in [0.2, 0.25) is 0 Å². The van der Waals surface area contributed by atoms with Crippen LogP contribution in [0.25, 0.3) is 0 Å². The van der Waals surface area contributed by atoms with Crippen LogP contribution in [0.4, 0.5) is 0 Å². The molecule has 1 unspecified atom stereocenters. The fourth-order valence-electron chi connectivity index (χ4n) is 5.82. The molecule has 3 aromatic carbocycles. The van der Waals surface area contributed by atoms with Crippen LogP contribution in [0, 0.1) is 5.92 Å². The Morgan fingerprint density at radius 2 is 1.38 bits per heavy atom. The molecule has 0 saturated carbocycles. The van der Waals surface area contributed by atoms with E-state index in [4.69, 9.17) is 14.2 Å². The second-order valence-electron chi connectivity index (χ2n) is 10.4. The van der Waals surface area contributed by atoms with Gasteiger partial charge in [-0.15, -0.1) is 0 Å². The van der Waals surface area contributed by atoms with Crippen LogP contribution in [0.3, 0.4) is 0 Å². The molecule has 0 aromatic heterocycles. The van der Waals surface area contributed by atoms with Crippen molar-refractivity contribution in [3.63, 3.8) is 0 Å². The van der Waals surface area contributed by atoms with Gasteiger partial charge in [-0.2, -0.15) is 0 Å². The molecule has 0 aliphatic carbocycles. The Hall–Kier alpha value is -3.21. The molecular weight excluding hydrogens is 484 g/mol. The minimum absolute atomic E-state index is 0.224. The molecule has 0 N–H and O–H groups in total. The van der Waals surface area contributed by atoms with E-state index >= 15 is 0 Å². The van der Waals surface area contributed by atoms with Gasteiger partial charge >= 0.3 is 5.97 Å². The first-order valence-corrected chi connectivity index (χ1v) is 14.3. The molecule has 0 bridgehead atoms. The number of hydrogen-bond acceptors (Lipinski definition) is 4. The van der Waals surface area contributed by atoms with E-state index in [0.29, 0.717) is 6.61 Å². The van der Waals surface area contributed by atoms with Gasteiger partial charge in [0, 0.05) is 0 Å². The van der Waals surface area contributed by atoms with Crippen LogP contribution in [0.1, 0.15) is 69.6 Å². The van der Waals surface area contributed by atoms with Gasteiger partial charge in [0.05, 0.1) is 31.8 Å². The highest BCUT2D eigenvalue weighted by Crippen LogP contribution is 2.43. The topological polar surface area (TPSA) is 44.8 Å². The van der Waals surface area contributed by atoms with Gasteiger partial charge in [-0.25, -0.2) is 0 Å². The van der Waals surface area contributed by atoms with Gasteiger partial charge in [-0.1, -0.05) is 124 Å². The van der Waals surface area contributed by atoms with Crippen LogP contribution >= 0.6 is 0 Å². The molecule has 1 aliphatic rings. The van der Waals surface area contributed by atoms with Crippen molar-refractivity contribution in [2.75, 3.05) is 13.7 Å². The van der Waals surface area contributed by atoms with E-state index in [2.05, 4.69) is 99.6 Å². The van der Waals surface area contributed by atoms with Gasteiger partial charge in [-0.3, -0.25) is 4.79 Å². The van der Waals surface area contributed by atoms with Gasteiger partial charge in [0.15, 0.2) is 0 Å². The summed E-state index contributed by atoms with van der Waals surface area (Å²) in [6.07, 6.45) is 5.79. The second kappa shape index (κ2) is 13.2. The molecule has 0 amide bonds. The van der Waals surface area contributed by atoms with Crippen molar-refractivity contribution in [1.82, 2.24) is 0 Å². The molecule has 4 heteroatoms. The van der Waals surface area contributed by atoms with Gasteiger partial charge in [0.25, 0.3) is 0 Å². The van der Waals surface area contributed by atoms with Crippen molar-refractivity contribution in [2.24, 2.45) is 5.92 Å². The highest BCUT2D eigenvalue weighted by molar-refractivity contribution is 5.70. The lowest BCUT2D eigenvalue weighted by atomic mass is 9.79. The lowest BCUT2D eigenvalue weighted by molar-refractivity contribution is -0.145. The average Bonchev–Trinajstić information content (AvgIpc) is 3.35. The minimum atomic E-state index is -0.745. The maximum absolute atomic E-state index is 12.1. The SMILES string of the molecule is CCC1=C[C@@](CC)(C[C@@H](CC)COC(c2ccccc2)(c2ccccc2)c2ccccc2)OC1CC(=O)OC. The second-order valence-corrected chi connectivity index (χ2v) is 10.4. The largest absolute Gasteiger partial charge is 0.469 e. The van der Waals surface area contributed by atoms with Gasteiger partial charge in [0.1, 0.15) is 5.60 Å². The molecule has 4 rings (SSSR count). The number of esters is 1. The number of hydrogen-bond donors (Lipinski definition) is 0. The number of methoxy groups -OCH3 is 1. The molecule has 1 heterocycles. The van der Waals surface area contributed by atoms with Crippen molar-refractivity contribution in [3.8, 4) is 0 Å². The average molecular weight is 527 g/mol. The summed E-state index contributed by atoms with van der Waals surface area (Å²) in [5.41, 5.74) is 3.33. The summed E-state index contributed by atoms with van der Waals surface area (Å²) in [5.74, 6) is 0.0201. The Kier molecular flexibility index (Phi) is 9.77. The molecule has 0 spiro atoms.